The molecule has 19 heavy (non-hydrogen) atoms. The second kappa shape index (κ2) is 6.20. The Balaban J connectivity index is 2.00. The highest BCUT2D eigenvalue weighted by Crippen LogP contribution is 2.28. The predicted octanol–water partition coefficient (Wildman–Crippen LogP) is 2.82. The van der Waals surface area contributed by atoms with E-state index >= 15 is 0 Å². The van der Waals surface area contributed by atoms with E-state index < -0.39 is 0 Å². The molecule has 1 unspecified atom stereocenters. The summed E-state index contributed by atoms with van der Waals surface area (Å²) < 4.78 is 5.75. The molecular formula is C14H25N3OS. The van der Waals surface area contributed by atoms with Crippen molar-refractivity contribution >= 4 is 16.5 Å². The van der Waals surface area contributed by atoms with Crippen LogP contribution in [-0.2, 0) is 4.74 Å². The molecule has 4 nitrogen and oxygen atoms in total. The van der Waals surface area contributed by atoms with Crippen LogP contribution in [0.15, 0.2) is 5.38 Å². The molecule has 0 aromatic carbocycles. The van der Waals surface area contributed by atoms with Crippen molar-refractivity contribution in [3.8, 4) is 0 Å². The highest BCUT2D eigenvalue weighted by atomic mass is 32.1. The molecule has 108 valence electrons. The first-order valence-electron chi connectivity index (χ1n) is 7.09. The third-order valence-electron chi connectivity index (χ3n) is 3.35. The van der Waals surface area contributed by atoms with Gasteiger partial charge in [-0.1, -0.05) is 6.92 Å². The van der Waals surface area contributed by atoms with Gasteiger partial charge in [0.05, 0.1) is 17.9 Å². The summed E-state index contributed by atoms with van der Waals surface area (Å²) in [5, 5.41) is 6.78. The Hall–Kier alpha value is -0.650. The fraction of sp³-hybridized carbons (Fsp3) is 0.786. The third kappa shape index (κ3) is 3.91. The van der Waals surface area contributed by atoms with Crippen LogP contribution in [0.25, 0.3) is 0 Å². The second-order valence-corrected chi connectivity index (χ2v) is 6.60. The zero-order valence-corrected chi connectivity index (χ0v) is 13.2. The molecule has 1 N–H and O–H groups in total. The van der Waals surface area contributed by atoms with Crippen molar-refractivity contribution in [3.05, 3.63) is 11.1 Å². The minimum Gasteiger partial charge on any atom is -0.372 e. The lowest BCUT2D eigenvalue weighted by molar-refractivity contribution is -0.0277. The number of thiazole rings is 1. The molecular weight excluding hydrogens is 258 g/mol. The summed E-state index contributed by atoms with van der Waals surface area (Å²) in [6, 6.07) is 0.332. The van der Waals surface area contributed by atoms with E-state index in [1.54, 1.807) is 11.3 Å². The van der Waals surface area contributed by atoms with E-state index in [9.17, 15) is 0 Å². The van der Waals surface area contributed by atoms with E-state index in [4.69, 9.17) is 9.72 Å². The van der Waals surface area contributed by atoms with Gasteiger partial charge in [-0.25, -0.2) is 4.98 Å². The van der Waals surface area contributed by atoms with Gasteiger partial charge in [-0.05, 0) is 33.7 Å². The molecule has 0 amide bonds. The topological polar surface area (TPSA) is 37.4 Å². The summed E-state index contributed by atoms with van der Waals surface area (Å²) >= 11 is 1.74. The van der Waals surface area contributed by atoms with E-state index in [0.29, 0.717) is 6.04 Å². The van der Waals surface area contributed by atoms with Crippen molar-refractivity contribution in [2.75, 3.05) is 31.1 Å². The molecule has 2 rings (SSSR count). The maximum absolute atomic E-state index is 5.75. The van der Waals surface area contributed by atoms with Crippen LogP contribution in [0.4, 0.5) is 5.13 Å². The number of hydrogen-bond acceptors (Lipinski definition) is 5. The van der Waals surface area contributed by atoms with Gasteiger partial charge >= 0.3 is 0 Å². The number of aromatic nitrogens is 1. The molecule has 0 spiro atoms. The van der Waals surface area contributed by atoms with Crippen LogP contribution in [0, 0.1) is 0 Å². The molecule has 0 aliphatic carbocycles. The summed E-state index contributed by atoms with van der Waals surface area (Å²) in [7, 11) is 0. The van der Waals surface area contributed by atoms with Crippen LogP contribution in [0.3, 0.4) is 0 Å². The number of nitrogens with zero attached hydrogens (tertiary/aromatic N) is 2. The summed E-state index contributed by atoms with van der Waals surface area (Å²) in [4.78, 5) is 7.12. The highest BCUT2D eigenvalue weighted by Gasteiger charge is 2.28. The number of morpholine rings is 1. The third-order valence-corrected chi connectivity index (χ3v) is 4.27. The van der Waals surface area contributed by atoms with E-state index in [-0.39, 0.29) is 5.60 Å². The molecule has 1 aromatic heterocycles. The lowest BCUT2D eigenvalue weighted by Crippen LogP contribution is -2.48. The largest absolute Gasteiger partial charge is 0.372 e. The van der Waals surface area contributed by atoms with E-state index in [1.165, 1.54) is 0 Å². The first kappa shape index (κ1) is 14.8. The lowest BCUT2D eigenvalue weighted by atomic mass is 10.1. The Morgan fingerprint density at radius 2 is 2.37 bits per heavy atom. The maximum Gasteiger partial charge on any atom is 0.185 e. The number of anilines is 1. The normalized spacial score (nSPS) is 20.5. The van der Waals surface area contributed by atoms with Gasteiger partial charge in [0.15, 0.2) is 5.13 Å². The molecule has 2 heterocycles. The van der Waals surface area contributed by atoms with E-state index in [0.717, 1.165) is 43.5 Å². The van der Waals surface area contributed by atoms with Crippen molar-refractivity contribution in [2.24, 2.45) is 0 Å². The van der Waals surface area contributed by atoms with Crippen molar-refractivity contribution in [1.82, 2.24) is 10.3 Å². The van der Waals surface area contributed by atoms with Gasteiger partial charge in [0.2, 0.25) is 0 Å². The molecule has 0 saturated carbocycles. The predicted molar refractivity (Wildman–Crippen MR) is 81.1 cm³/mol. The number of ether oxygens (including phenoxy) is 1. The summed E-state index contributed by atoms with van der Waals surface area (Å²) in [6.07, 6.45) is 1.15. The van der Waals surface area contributed by atoms with Gasteiger partial charge < -0.3 is 15.0 Å². The van der Waals surface area contributed by atoms with Crippen LogP contribution in [0.5, 0.6) is 0 Å². The summed E-state index contributed by atoms with van der Waals surface area (Å²) in [5.74, 6) is 0. The molecule has 1 saturated heterocycles. The van der Waals surface area contributed by atoms with Crippen LogP contribution in [0.1, 0.15) is 45.9 Å². The minimum atomic E-state index is -0.0733. The van der Waals surface area contributed by atoms with Crippen molar-refractivity contribution in [2.45, 2.75) is 45.8 Å². The van der Waals surface area contributed by atoms with Crippen LogP contribution < -0.4 is 10.2 Å². The number of rotatable bonds is 5. The first-order chi connectivity index (χ1) is 9.02. The Morgan fingerprint density at radius 1 is 1.58 bits per heavy atom. The fourth-order valence-corrected chi connectivity index (χ4v) is 3.21. The summed E-state index contributed by atoms with van der Waals surface area (Å²) in [5.41, 5.74) is 1.08. The quantitative estimate of drug-likeness (QED) is 0.901. The maximum atomic E-state index is 5.75. The monoisotopic (exact) mass is 283 g/mol. The Kier molecular flexibility index (Phi) is 4.81. The van der Waals surface area contributed by atoms with Crippen molar-refractivity contribution in [1.29, 1.82) is 0 Å². The SMILES string of the molecule is CCCNC(C)c1csc(N2CCOC(C)(C)C2)n1. The summed E-state index contributed by atoms with van der Waals surface area (Å²) in [6.45, 7) is 12.3. The minimum absolute atomic E-state index is 0.0733. The smallest absolute Gasteiger partial charge is 0.185 e. The molecule has 1 aliphatic rings. The van der Waals surface area contributed by atoms with Crippen molar-refractivity contribution < 1.29 is 4.74 Å². The van der Waals surface area contributed by atoms with Gasteiger partial charge in [-0.15, -0.1) is 11.3 Å². The molecule has 0 bridgehead atoms. The van der Waals surface area contributed by atoms with Gasteiger partial charge in [-0.3, -0.25) is 0 Å². The molecule has 1 fully saturated rings. The average molecular weight is 283 g/mol. The molecule has 1 aliphatic heterocycles. The van der Waals surface area contributed by atoms with Gasteiger partial charge in [-0.2, -0.15) is 0 Å². The van der Waals surface area contributed by atoms with Crippen LogP contribution >= 0.6 is 11.3 Å². The van der Waals surface area contributed by atoms with Crippen LogP contribution in [0.2, 0.25) is 0 Å². The van der Waals surface area contributed by atoms with Crippen LogP contribution in [-0.4, -0.2) is 36.8 Å². The molecule has 0 radical (unpaired) electrons. The van der Waals surface area contributed by atoms with E-state index in [1.807, 2.05) is 0 Å². The zero-order chi connectivity index (χ0) is 13.9. The number of hydrogen-bond donors (Lipinski definition) is 1. The van der Waals surface area contributed by atoms with Gasteiger partial charge in [0.1, 0.15) is 0 Å². The Bertz CT molecular complexity index is 405. The molecule has 5 heteroatoms. The van der Waals surface area contributed by atoms with Gasteiger partial charge in [0, 0.05) is 24.5 Å². The first-order valence-corrected chi connectivity index (χ1v) is 7.97. The zero-order valence-electron chi connectivity index (χ0n) is 12.4. The highest BCUT2D eigenvalue weighted by molar-refractivity contribution is 7.13. The standard InChI is InChI=1S/C14H25N3OS/c1-5-6-15-11(2)12-9-19-13(16-12)17-7-8-18-14(3,4)10-17/h9,11,15H,5-8,10H2,1-4H3. The second-order valence-electron chi connectivity index (χ2n) is 5.76. The molecule has 1 atom stereocenters. The Morgan fingerprint density at radius 3 is 3.05 bits per heavy atom. The fourth-order valence-electron chi connectivity index (χ4n) is 2.27. The molecule has 1 aromatic rings. The Labute approximate surface area is 120 Å². The number of nitrogens with one attached hydrogen (secondary N) is 1. The average Bonchev–Trinajstić information content (AvgIpc) is 2.84. The van der Waals surface area contributed by atoms with Crippen molar-refractivity contribution in [3.63, 3.8) is 0 Å². The van der Waals surface area contributed by atoms with E-state index in [2.05, 4.69) is 43.3 Å². The lowest BCUT2D eigenvalue weighted by Gasteiger charge is -2.38. The van der Waals surface area contributed by atoms with Gasteiger partial charge in [0.25, 0.3) is 0 Å².